The third-order valence-electron chi connectivity index (χ3n) is 6.65. The Kier molecular flexibility index (Phi) is 7.40. The fourth-order valence-corrected chi connectivity index (χ4v) is 4.77. The molecule has 5 rings (SSSR count). The van der Waals surface area contributed by atoms with Crippen LogP contribution in [0.25, 0.3) is 33.2 Å². The molecule has 3 N–H and O–H groups in total. The molecular formula is C31H35N5O4. The Labute approximate surface area is 233 Å². The van der Waals surface area contributed by atoms with Crippen LogP contribution in [-0.2, 0) is 24.9 Å². The van der Waals surface area contributed by atoms with Gasteiger partial charge in [0.2, 0.25) is 0 Å². The number of aryl methyl sites for hydroxylation is 1. The zero-order chi connectivity index (χ0) is 28.4. The number of nitrogens with one attached hydrogen (secondary N) is 3. The summed E-state index contributed by atoms with van der Waals surface area (Å²) in [7, 11) is 5.31. The van der Waals surface area contributed by atoms with Gasteiger partial charge in [-0.15, -0.1) is 0 Å². The minimum absolute atomic E-state index is 0.465. The van der Waals surface area contributed by atoms with Gasteiger partial charge in [0.1, 0.15) is 11.2 Å². The number of anilines is 1. The first kappa shape index (κ1) is 27.1. The Balaban J connectivity index is 1.30. The van der Waals surface area contributed by atoms with Crippen molar-refractivity contribution in [2.45, 2.75) is 39.5 Å². The lowest BCUT2D eigenvalue weighted by atomic mass is 10.1. The molecule has 3 heterocycles. The fourth-order valence-electron chi connectivity index (χ4n) is 4.77. The third-order valence-corrected chi connectivity index (χ3v) is 6.65. The Morgan fingerprint density at radius 3 is 2.40 bits per heavy atom. The van der Waals surface area contributed by atoms with Gasteiger partial charge in [0, 0.05) is 66.3 Å². The average molecular weight is 542 g/mol. The van der Waals surface area contributed by atoms with Crippen molar-refractivity contribution in [3.63, 3.8) is 0 Å². The third kappa shape index (κ3) is 5.74. The van der Waals surface area contributed by atoms with E-state index in [1.807, 2.05) is 76.5 Å². The number of carbonyl (C=O) groups excluding carboxylic acids is 1. The minimum atomic E-state index is -0.539. The van der Waals surface area contributed by atoms with Crippen LogP contribution in [-0.4, -0.2) is 40.4 Å². The summed E-state index contributed by atoms with van der Waals surface area (Å²) in [6.45, 7) is 6.87. The Morgan fingerprint density at radius 1 is 0.975 bits per heavy atom. The standard InChI is InChI=1S/C31H35N5O4/c1-31(2,3)40-30(37)34-21-9-7-19(8-10-21)16-32-17-20-11-12-33-29-22(20)13-25(35-29)24-18-36(4)26-15-28(39-6)27(38-5)14-23(24)26/h7-15,18,32H,16-17H2,1-6H3,(H,33,35)(H,34,37). The second-order valence-corrected chi connectivity index (χ2v) is 10.7. The zero-order valence-corrected chi connectivity index (χ0v) is 23.7. The van der Waals surface area contributed by atoms with E-state index in [2.05, 4.69) is 37.4 Å². The van der Waals surface area contributed by atoms with Gasteiger partial charge in [0.05, 0.1) is 19.7 Å². The van der Waals surface area contributed by atoms with Crippen molar-refractivity contribution in [2.75, 3.05) is 19.5 Å². The highest BCUT2D eigenvalue weighted by Crippen LogP contribution is 2.38. The number of hydrogen-bond acceptors (Lipinski definition) is 6. The van der Waals surface area contributed by atoms with Gasteiger partial charge in [-0.1, -0.05) is 12.1 Å². The predicted molar refractivity (Wildman–Crippen MR) is 158 cm³/mol. The Hall–Kier alpha value is -4.50. The summed E-state index contributed by atoms with van der Waals surface area (Å²) < 4.78 is 18.5. The van der Waals surface area contributed by atoms with Gasteiger partial charge in [-0.25, -0.2) is 9.78 Å². The second-order valence-electron chi connectivity index (χ2n) is 10.7. The van der Waals surface area contributed by atoms with Crippen molar-refractivity contribution in [1.82, 2.24) is 19.9 Å². The number of benzene rings is 2. The molecule has 0 spiro atoms. The van der Waals surface area contributed by atoms with Crippen molar-refractivity contribution in [2.24, 2.45) is 7.05 Å². The van der Waals surface area contributed by atoms with Crippen LogP contribution in [0.5, 0.6) is 11.5 Å². The summed E-state index contributed by atoms with van der Waals surface area (Å²) in [5.41, 5.74) is 6.35. The first-order valence-corrected chi connectivity index (χ1v) is 13.1. The van der Waals surface area contributed by atoms with E-state index in [-0.39, 0.29) is 0 Å². The molecule has 0 aliphatic heterocycles. The Morgan fingerprint density at radius 2 is 1.70 bits per heavy atom. The number of H-pyrrole nitrogens is 1. The molecule has 5 aromatic rings. The van der Waals surface area contributed by atoms with Gasteiger partial charge < -0.3 is 29.1 Å². The number of methoxy groups -OCH3 is 2. The summed E-state index contributed by atoms with van der Waals surface area (Å²) in [5, 5.41) is 8.42. The van der Waals surface area contributed by atoms with Gasteiger partial charge >= 0.3 is 6.09 Å². The summed E-state index contributed by atoms with van der Waals surface area (Å²) in [6, 6.07) is 15.9. The van der Waals surface area contributed by atoms with E-state index in [0.29, 0.717) is 30.3 Å². The highest BCUT2D eigenvalue weighted by atomic mass is 16.6. The van der Waals surface area contributed by atoms with E-state index in [4.69, 9.17) is 14.2 Å². The molecule has 208 valence electrons. The number of pyridine rings is 1. The van der Waals surface area contributed by atoms with Crippen LogP contribution >= 0.6 is 0 Å². The molecule has 0 bridgehead atoms. The molecule has 0 unspecified atom stereocenters. The first-order chi connectivity index (χ1) is 19.1. The molecule has 0 saturated heterocycles. The largest absolute Gasteiger partial charge is 0.493 e. The minimum Gasteiger partial charge on any atom is -0.493 e. The molecule has 2 aromatic carbocycles. The number of amides is 1. The van der Waals surface area contributed by atoms with Gasteiger partial charge in [0.15, 0.2) is 11.5 Å². The normalized spacial score (nSPS) is 11.7. The van der Waals surface area contributed by atoms with Crippen LogP contribution in [0.1, 0.15) is 31.9 Å². The summed E-state index contributed by atoms with van der Waals surface area (Å²) in [5.74, 6) is 1.39. The van der Waals surface area contributed by atoms with Crippen molar-refractivity contribution in [3.8, 4) is 22.8 Å². The maximum atomic E-state index is 12.0. The van der Waals surface area contributed by atoms with E-state index in [1.165, 1.54) is 0 Å². The number of aromatic amines is 1. The molecule has 1 amide bonds. The number of nitrogens with zero attached hydrogens (tertiary/aromatic N) is 2. The van der Waals surface area contributed by atoms with Crippen LogP contribution in [0, 0.1) is 0 Å². The molecule has 0 fully saturated rings. The van der Waals surface area contributed by atoms with Gasteiger partial charge in [-0.05, 0) is 62.2 Å². The molecule has 0 saturated carbocycles. The molecule has 0 aliphatic carbocycles. The topological polar surface area (TPSA) is 102 Å². The quantitative estimate of drug-likeness (QED) is 0.211. The van der Waals surface area contributed by atoms with Crippen LogP contribution in [0.4, 0.5) is 10.5 Å². The fraction of sp³-hybridized carbons (Fsp3) is 0.290. The maximum Gasteiger partial charge on any atom is 0.412 e. The monoisotopic (exact) mass is 541 g/mol. The highest BCUT2D eigenvalue weighted by Gasteiger charge is 2.17. The number of fused-ring (bicyclic) bond motifs is 2. The molecule has 0 radical (unpaired) electrons. The lowest BCUT2D eigenvalue weighted by molar-refractivity contribution is 0.0636. The number of carbonyl (C=O) groups is 1. The predicted octanol–water partition coefficient (Wildman–Crippen LogP) is 6.38. The summed E-state index contributed by atoms with van der Waals surface area (Å²) in [4.78, 5) is 20.1. The van der Waals surface area contributed by atoms with E-state index >= 15 is 0 Å². The molecular weight excluding hydrogens is 506 g/mol. The van der Waals surface area contributed by atoms with Gasteiger partial charge in [0.25, 0.3) is 0 Å². The molecule has 9 nitrogen and oxygen atoms in total. The number of hydrogen-bond donors (Lipinski definition) is 3. The smallest absolute Gasteiger partial charge is 0.412 e. The average Bonchev–Trinajstić information content (AvgIpc) is 3.49. The summed E-state index contributed by atoms with van der Waals surface area (Å²) in [6.07, 6.45) is 3.47. The Bertz CT molecular complexity index is 1660. The van der Waals surface area contributed by atoms with E-state index in [1.54, 1.807) is 14.2 Å². The van der Waals surface area contributed by atoms with E-state index < -0.39 is 11.7 Å². The van der Waals surface area contributed by atoms with Crippen molar-refractivity contribution in [1.29, 1.82) is 0 Å². The van der Waals surface area contributed by atoms with E-state index in [0.717, 1.165) is 44.3 Å². The zero-order valence-electron chi connectivity index (χ0n) is 23.7. The van der Waals surface area contributed by atoms with Crippen LogP contribution in [0.3, 0.4) is 0 Å². The molecule has 9 heteroatoms. The van der Waals surface area contributed by atoms with Crippen molar-refractivity contribution >= 4 is 33.7 Å². The van der Waals surface area contributed by atoms with E-state index in [9.17, 15) is 4.79 Å². The maximum absolute atomic E-state index is 12.0. The molecule has 0 atom stereocenters. The SMILES string of the molecule is COc1cc2c(-c3cc4c(CNCc5ccc(NC(=O)OC(C)(C)C)cc5)ccnc4[nH]3)cn(C)c2cc1OC. The van der Waals surface area contributed by atoms with Crippen LogP contribution < -0.4 is 20.1 Å². The second kappa shape index (κ2) is 10.9. The highest BCUT2D eigenvalue weighted by molar-refractivity contribution is 5.99. The molecule has 3 aromatic heterocycles. The molecule has 40 heavy (non-hydrogen) atoms. The summed E-state index contributed by atoms with van der Waals surface area (Å²) >= 11 is 0. The van der Waals surface area contributed by atoms with Crippen molar-refractivity contribution < 1.29 is 19.0 Å². The van der Waals surface area contributed by atoms with Gasteiger partial charge in [-0.3, -0.25) is 5.32 Å². The lowest BCUT2D eigenvalue weighted by Crippen LogP contribution is -2.27. The van der Waals surface area contributed by atoms with Crippen LogP contribution in [0.15, 0.2) is 60.9 Å². The molecule has 0 aliphatic rings. The van der Waals surface area contributed by atoms with Crippen LogP contribution in [0.2, 0.25) is 0 Å². The number of rotatable bonds is 8. The van der Waals surface area contributed by atoms with Crippen molar-refractivity contribution in [3.05, 3.63) is 72.1 Å². The number of ether oxygens (including phenoxy) is 3. The first-order valence-electron chi connectivity index (χ1n) is 13.1. The van der Waals surface area contributed by atoms with Gasteiger partial charge in [-0.2, -0.15) is 0 Å². The number of aromatic nitrogens is 3. The lowest BCUT2D eigenvalue weighted by Gasteiger charge is -2.19.